The van der Waals surface area contributed by atoms with Gasteiger partial charge in [-0.1, -0.05) is 13.8 Å². The highest BCUT2D eigenvalue weighted by Gasteiger charge is 2.32. The Hall–Kier alpha value is -2.38. The molecule has 1 aromatic carbocycles. The monoisotopic (exact) mass is 490 g/mol. The summed E-state index contributed by atoms with van der Waals surface area (Å²) in [6.45, 7) is 3.26. The molecule has 1 fully saturated rings. The maximum absolute atomic E-state index is 12.8. The minimum absolute atomic E-state index is 0.00516. The van der Waals surface area contributed by atoms with Gasteiger partial charge in [0.05, 0.1) is 16.4 Å². The molecule has 32 heavy (non-hydrogen) atoms. The van der Waals surface area contributed by atoms with E-state index in [1.54, 1.807) is 13.8 Å². The molecule has 0 saturated carbocycles. The van der Waals surface area contributed by atoms with Crippen molar-refractivity contribution in [2.45, 2.75) is 37.2 Å². The molecule has 1 unspecified atom stereocenters. The van der Waals surface area contributed by atoms with E-state index < -0.39 is 56.3 Å². The van der Waals surface area contributed by atoms with Crippen LogP contribution in [0.2, 0.25) is 0 Å². The van der Waals surface area contributed by atoms with Gasteiger partial charge in [0.1, 0.15) is 19.3 Å². The molecule has 0 spiro atoms. The molecule has 1 saturated heterocycles. The fourth-order valence-electron chi connectivity index (χ4n) is 3.29. The van der Waals surface area contributed by atoms with Crippen LogP contribution in [0, 0.1) is 5.92 Å². The maximum atomic E-state index is 12.8. The van der Waals surface area contributed by atoms with Gasteiger partial charge in [-0.05, 0) is 24.5 Å². The Labute approximate surface area is 186 Å². The van der Waals surface area contributed by atoms with Crippen molar-refractivity contribution in [1.82, 2.24) is 10.0 Å². The molecule has 13 heteroatoms. The molecule has 2 N–H and O–H groups in total. The van der Waals surface area contributed by atoms with Crippen LogP contribution in [0.4, 0.5) is 0 Å². The average molecular weight is 491 g/mol. The lowest BCUT2D eigenvalue weighted by Crippen LogP contribution is -2.46. The Bertz CT molecular complexity index is 1080. The largest absolute Gasteiger partial charge is 0.486 e. The van der Waals surface area contributed by atoms with Crippen molar-refractivity contribution in [3.8, 4) is 11.5 Å². The van der Waals surface area contributed by atoms with Gasteiger partial charge < -0.3 is 19.5 Å². The van der Waals surface area contributed by atoms with Crippen LogP contribution in [0.25, 0.3) is 0 Å². The van der Waals surface area contributed by atoms with Crippen molar-refractivity contribution in [1.29, 1.82) is 0 Å². The highest BCUT2D eigenvalue weighted by atomic mass is 32.2. The van der Waals surface area contributed by atoms with Crippen LogP contribution in [-0.2, 0) is 34.2 Å². The number of nitrogens with one attached hydrogen (secondary N) is 2. The number of ether oxygens (including phenoxy) is 3. The van der Waals surface area contributed by atoms with E-state index >= 15 is 0 Å². The highest BCUT2D eigenvalue weighted by molar-refractivity contribution is 7.91. The molecule has 1 aromatic rings. The lowest BCUT2D eigenvalue weighted by atomic mass is 10.1. The van der Waals surface area contributed by atoms with Crippen molar-refractivity contribution >= 4 is 31.7 Å². The van der Waals surface area contributed by atoms with Crippen LogP contribution >= 0.6 is 0 Å². The summed E-state index contributed by atoms with van der Waals surface area (Å²) in [6, 6.07) is 2.34. The fourth-order valence-corrected chi connectivity index (χ4v) is 6.31. The Morgan fingerprint density at radius 2 is 1.88 bits per heavy atom. The summed E-state index contributed by atoms with van der Waals surface area (Å²) in [5.41, 5.74) is 0. The standard InChI is InChI=1S/C19H26N2O9S2/c1-12(2)18(19(23)30-10-17(22)20-13-5-8-31(24,25)11-13)21-32(26,27)14-3-4-15-16(9-14)29-7-6-28-15/h3-4,9,12-13,18,21H,5-8,10-11H2,1-2H3,(H,20,22)/t13?,18-/m0/s1. The molecule has 2 heterocycles. The topological polar surface area (TPSA) is 154 Å². The fraction of sp³-hybridized carbons (Fsp3) is 0.579. The van der Waals surface area contributed by atoms with E-state index in [0.29, 0.717) is 25.4 Å². The first-order valence-corrected chi connectivity index (χ1v) is 13.4. The van der Waals surface area contributed by atoms with Crippen molar-refractivity contribution in [2.75, 3.05) is 31.3 Å². The zero-order chi connectivity index (χ0) is 23.5. The number of hydrogen-bond acceptors (Lipinski definition) is 9. The Balaban J connectivity index is 1.60. The third kappa shape index (κ3) is 6.11. The van der Waals surface area contributed by atoms with E-state index in [4.69, 9.17) is 14.2 Å². The summed E-state index contributed by atoms with van der Waals surface area (Å²) in [4.78, 5) is 24.4. The normalized spacial score (nSPS) is 20.5. The van der Waals surface area contributed by atoms with Gasteiger partial charge in [-0.25, -0.2) is 16.8 Å². The van der Waals surface area contributed by atoms with Crippen LogP contribution in [0.15, 0.2) is 23.1 Å². The summed E-state index contributed by atoms with van der Waals surface area (Å²) < 4.78 is 66.6. The second-order valence-electron chi connectivity index (χ2n) is 7.92. The number of esters is 1. The van der Waals surface area contributed by atoms with E-state index in [2.05, 4.69) is 10.0 Å². The summed E-state index contributed by atoms with van der Waals surface area (Å²) >= 11 is 0. The van der Waals surface area contributed by atoms with Crippen molar-refractivity contribution in [3.05, 3.63) is 18.2 Å². The van der Waals surface area contributed by atoms with E-state index in [-0.39, 0.29) is 22.2 Å². The molecule has 1 amide bonds. The molecule has 2 atom stereocenters. The number of hydrogen-bond donors (Lipinski definition) is 2. The predicted octanol–water partition coefficient (Wildman–Crippen LogP) is -0.393. The average Bonchev–Trinajstić information content (AvgIpc) is 3.07. The Kier molecular flexibility index (Phi) is 7.30. The lowest BCUT2D eigenvalue weighted by molar-refractivity contribution is -0.151. The van der Waals surface area contributed by atoms with Crippen LogP contribution in [0.5, 0.6) is 11.5 Å². The molecule has 2 aliphatic heterocycles. The summed E-state index contributed by atoms with van der Waals surface area (Å²) in [7, 11) is -7.27. The van der Waals surface area contributed by atoms with Crippen molar-refractivity contribution < 1.29 is 40.6 Å². The van der Waals surface area contributed by atoms with Crippen molar-refractivity contribution in [3.63, 3.8) is 0 Å². The predicted molar refractivity (Wildman–Crippen MR) is 113 cm³/mol. The van der Waals surface area contributed by atoms with Crippen molar-refractivity contribution in [2.24, 2.45) is 5.92 Å². The number of rotatable bonds is 8. The zero-order valence-corrected chi connectivity index (χ0v) is 19.3. The number of amides is 1. The molecule has 0 aromatic heterocycles. The quantitative estimate of drug-likeness (QED) is 0.464. The zero-order valence-electron chi connectivity index (χ0n) is 17.7. The van der Waals surface area contributed by atoms with Gasteiger partial charge in [0.2, 0.25) is 10.0 Å². The van der Waals surface area contributed by atoms with Gasteiger partial charge >= 0.3 is 5.97 Å². The first-order chi connectivity index (χ1) is 15.0. The van der Waals surface area contributed by atoms with Gasteiger partial charge in [0.25, 0.3) is 5.91 Å². The van der Waals surface area contributed by atoms with Gasteiger partial charge in [0.15, 0.2) is 27.9 Å². The second kappa shape index (κ2) is 9.63. The van der Waals surface area contributed by atoms with Gasteiger partial charge in [-0.3, -0.25) is 9.59 Å². The molecule has 11 nitrogen and oxygen atoms in total. The number of sulfone groups is 1. The molecule has 178 valence electrons. The number of sulfonamides is 1. The molecule has 0 bridgehead atoms. The van der Waals surface area contributed by atoms with E-state index in [9.17, 15) is 26.4 Å². The Morgan fingerprint density at radius 1 is 1.19 bits per heavy atom. The van der Waals surface area contributed by atoms with Crippen LogP contribution in [0.1, 0.15) is 20.3 Å². The van der Waals surface area contributed by atoms with Gasteiger partial charge in [0, 0.05) is 12.1 Å². The molecule has 2 aliphatic rings. The van der Waals surface area contributed by atoms with Crippen LogP contribution in [-0.4, -0.2) is 72.1 Å². The second-order valence-corrected chi connectivity index (χ2v) is 11.9. The van der Waals surface area contributed by atoms with Gasteiger partial charge in [-0.2, -0.15) is 4.72 Å². The summed E-state index contributed by atoms with van der Waals surface area (Å²) in [5.74, 6) is -1.50. The first-order valence-electron chi connectivity index (χ1n) is 10.1. The number of fused-ring (bicyclic) bond motifs is 1. The number of carbonyl (C=O) groups is 2. The number of benzene rings is 1. The third-order valence-electron chi connectivity index (χ3n) is 4.97. The molecule has 3 rings (SSSR count). The third-order valence-corrected chi connectivity index (χ3v) is 8.18. The van der Waals surface area contributed by atoms with E-state index in [0.717, 1.165) is 0 Å². The van der Waals surface area contributed by atoms with Crippen LogP contribution in [0.3, 0.4) is 0 Å². The van der Waals surface area contributed by atoms with E-state index in [1.165, 1.54) is 18.2 Å². The maximum Gasteiger partial charge on any atom is 0.324 e. The summed E-state index contributed by atoms with van der Waals surface area (Å²) in [5, 5.41) is 2.50. The molecule has 0 aliphatic carbocycles. The summed E-state index contributed by atoms with van der Waals surface area (Å²) in [6.07, 6.45) is 0.298. The van der Waals surface area contributed by atoms with Gasteiger partial charge in [-0.15, -0.1) is 0 Å². The smallest absolute Gasteiger partial charge is 0.324 e. The minimum Gasteiger partial charge on any atom is -0.486 e. The molecule has 0 radical (unpaired) electrons. The van der Waals surface area contributed by atoms with E-state index in [1.807, 2.05) is 0 Å². The SMILES string of the molecule is CC(C)[C@H](NS(=O)(=O)c1ccc2c(c1)OCCO2)C(=O)OCC(=O)NC1CCS(=O)(=O)C1. The Morgan fingerprint density at radius 3 is 2.50 bits per heavy atom. The molecular weight excluding hydrogens is 464 g/mol. The minimum atomic E-state index is -4.11. The lowest BCUT2D eigenvalue weighted by Gasteiger charge is -2.22. The molecular formula is C19H26N2O9S2. The number of carbonyl (C=O) groups excluding carboxylic acids is 2. The first kappa shape index (κ1) is 24.3. The highest BCUT2D eigenvalue weighted by Crippen LogP contribution is 2.32. The van der Waals surface area contributed by atoms with Crippen LogP contribution < -0.4 is 19.5 Å².